The summed E-state index contributed by atoms with van der Waals surface area (Å²) in [5, 5.41) is 0. The van der Waals surface area contributed by atoms with Crippen LogP contribution >= 0.6 is 0 Å². The van der Waals surface area contributed by atoms with E-state index in [1.165, 1.54) is 0 Å². The molecule has 0 rings (SSSR count). The summed E-state index contributed by atoms with van der Waals surface area (Å²) in [6, 6.07) is 0. The Hall–Kier alpha value is -0.730. The Morgan fingerprint density at radius 3 is 2.25 bits per heavy atom. The second-order valence-corrected chi connectivity index (χ2v) is 1.73. The molecule has 2 N–H and O–H groups in total. The van der Waals surface area contributed by atoms with Gasteiger partial charge in [0.1, 0.15) is 0 Å². The van der Waals surface area contributed by atoms with E-state index >= 15 is 0 Å². The number of aliphatic imine (C=N–C) groups is 1. The van der Waals surface area contributed by atoms with Crippen LogP contribution in [0.2, 0.25) is 0 Å². The number of guanidine groups is 1. The molecule has 0 unspecified atom stereocenters. The summed E-state index contributed by atoms with van der Waals surface area (Å²) in [7, 11) is 3.74. The van der Waals surface area contributed by atoms with Crippen molar-refractivity contribution in [2.75, 3.05) is 20.6 Å². The summed E-state index contributed by atoms with van der Waals surface area (Å²) in [5.41, 5.74) is 5.40. The van der Waals surface area contributed by atoms with Gasteiger partial charge in [-0.1, -0.05) is 0 Å². The molecule has 8 heavy (non-hydrogen) atoms. The molecule has 0 saturated carbocycles. The fourth-order valence-electron chi connectivity index (χ4n) is 0.303. The van der Waals surface area contributed by atoms with Crippen LogP contribution in [0, 0.1) is 0 Å². The molecule has 0 saturated heterocycles. The van der Waals surface area contributed by atoms with E-state index < -0.39 is 0 Å². The number of hydrogen-bond acceptors (Lipinski definition) is 1. The first-order valence-electron chi connectivity index (χ1n) is 2.65. The van der Waals surface area contributed by atoms with Crippen LogP contribution in [-0.2, 0) is 0 Å². The Morgan fingerprint density at radius 1 is 1.62 bits per heavy atom. The number of nitrogens with zero attached hydrogens (tertiary/aromatic N) is 2. The van der Waals surface area contributed by atoms with Gasteiger partial charge in [0.15, 0.2) is 5.96 Å². The van der Waals surface area contributed by atoms with Gasteiger partial charge in [-0.2, -0.15) is 0 Å². The number of rotatable bonds is 1. The monoisotopic (exact) mass is 115 g/mol. The van der Waals surface area contributed by atoms with Crippen LogP contribution in [0.15, 0.2) is 4.99 Å². The van der Waals surface area contributed by atoms with E-state index in [1.807, 2.05) is 21.0 Å². The fourth-order valence-corrected chi connectivity index (χ4v) is 0.303. The van der Waals surface area contributed by atoms with Crippen molar-refractivity contribution in [2.24, 2.45) is 10.7 Å². The Labute approximate surface area is 50.2 Å². The smallest absolute Gasteiger partial charge is 0.190 e. The van der Waals surface area contributed by atoms with Gasteiger partial charge in [-0.3, -0.25) is 4.99 Å². The maximum absolute atomic E-state index is 5.40. The molecule has 0 bridgehead atoms. The van der Waals surface area contributed by atoms with Crippen molar-refractivity contribution in [3.8, 4) is 0 Å². The highest BCUT2D eigenvalue weighted by molar-refractivity contribution is 5.77. The predicted octanol–water partition coefficient (Wildman–Crippen LogP) is -0.117. The molecule has 48 valence electrons. The lowest BCUT2D eigenvalue weighted by molar-refractivity contribution is 0.610. The van der Waals surface area contributed by atoms with Crippen molar-refractivity contribution in [3.63, 3.8) is 0 Å². The molecule has 0 radical (unpaired) electrons. The third-order valence-electron chi connectivity index (χ3n) is 0.778. The molecule has 0 aliphatic carbocycles. The van der Waals surface area contributed by atoms with Gasteiger partial charge in [-0.25, -0.2) is 0 Å². The Morgan fingerprint density at radius 2 is 2.12 bits per heavy atom. The third-order valence-corrected chi connectivity index (χ3v) is 0.778. The van der Waals surface area contributed by atoms with Gasteiger partial charge < -0.3 is 10.6 Å². The minimum atomic E-state index is 0.590. The van der Waals surface area contributed by atoms with Crippen LogP contribution in [0.5, 0.6) is 0 Å². The van der Waals surface area contributed by atoms with Gasteiger partial charge in [-0.15, -0.1) is 0 Å². The molecule has 0 aromatic heterocycles. The molecule has 0 aliphatic rings. The van der Waals surface area contributed by atoms with Crippen LogP contribution in [-0.4, -0.2) is 31.5 Å². The third kappa shape index (κ3) is 2.44. The lowest BCUT2D eigenvalue weighted by Crippen LogP contribution is -2.30. The number of nitrogens with two attached hydrogens (primary N) is 1. The molecule has 0 aromatic rings. The molecule has 0 heterocycles. The van der Waals surface area contributed by atoms with Gasteiger partial charge in [-0.05, 0) is 6.92 Å². The zero-order valence-corrected chi connectivity index (χ0v) is 5.68. The summed E-state index contributed by atoms with van der Waals surface area (Å²) in [5.74, 6) is 0.590. The molecule has 3 nitrogen and oxygen atoms in total. The first kappa shape index (κ1) is 7.27. The molecule has 0 fully saturated rings. The largest absolute Gasteiger partial charge is 0.370 e. The van der Waals surface area contributed by atoms with E-state index in [9.17, 15) is 0 Å². The van der Waals surface area contributed by atoms with E-state index in [0.717, 1.165) is 6.54 Å². The van der Waals surface area contributed by atoms with Crippen molar-refractivity contribution in [3.05, 3.63) is 0 Å². The Bertz CT molecular complexity index is 85.7. The van der Waals surface area contributed by atoms with Crippen LogP contribution in [0.4, 0.5) is 0 Å². The van der Waals surface area contributed by atoms with Gasteiger partial charge >= 0.3 is 0 Å². The molecule has 0 spiro atoms. The average molecular weight is 115 g/mol. The normalized spacial score (nSPS) is 11.6. The summed E-state index contributed by atoms with van der Waals surface area (Å²) in [4.78, 5) is 5.73. The highest BCUT2D eigenvalue weighted by Gasteiger charge is 1.88. The van der Waals surface area contributed by atoms with E-state index in [4.69, 9.17) is 5.73 Å². The van der Waals surface area contributed by atoms with Gasteiger partial charge in [0.25, 0.3) is 0 Å². The van der Waals surface area contributed by atoms with Gasteiger partial charge in [0.05, 0.1) is 0 Å². The average Bonchev–Trinajstić information content (AvgIpc) is 1.67. The van der Waals surface area contributed by atoms with Crippen LogP contribution in [0.25, 0.3) is 0 Å². The quantitative estimate of drug-likeness (QED) is 0.382. The minimum Gasteiger partial charge on any atom is -0.370 e. The maximum Gasteiger partial charge on any atom is 0.190 e. The topological polar surface area (TPSA) is 41.6 Å². The molecular formula is C5H13N3. The molecular weight excluding hydrogens is 102 g/mol. The second kappa shape index (κ2) is 3.29. The van der Waals surface area contributed by atoms with E-state index in [2.05, 4.69) is 4.99 Å². The Balaban J connectivity index is 3.61. The summed E-state index contributed by atoms with van der Waals surface area (Å²) < 4.78 is 0. The summed E-state index contributed by atoms with van der Waals surface area (Å²) in [6.45, 7) is 2.71. The molecule has 3 heteroatoms. The lowest BCUT2D eigenvalue weighted by atomic mass is 10.7. The second-order valence-electron chi connectivity index (χ2n) is 1.73. The van der Waals surface area contributed by atoms with Crippen LogP contribution in [0.1, 0.15) is 6.92 Å². The first-order chi connectivity index (χ1) is 3.68. The number of hydrogen-bond donors (Lipinski definition) is 1. The minimum absolute atomic E-state index is 0.590. The highest BCUT2D eigenvalue weighted by atomic mass is 15.2. The van der Waals surface area contributed by atoms with Crippen LogP contribution in [0.3, 0.4) is 0 Å². The molecule has 0 atom stereocenters. The van der Waals surface area contributed by atoms with Crippen molar-refractivity contribution in [1.29, 1.82) is 0 Å². The van der Waals surface area contributed by atoms with Crippen molar-refractivity contribution >= 4 is 5.96 Å². The first-order valence-corrected chi connectivity index (χ1v) is 2.65. The molecule has 0 aliphatic heterocycles. The zero-order valence-electron chi connectivity index (χ0n) is 5.68. The van der Waals surface area contributed by atoms with Crippen molar-refractivity contribution < 1.29 is 0 Å². The van der Waals surface area contributed by atoms with E-state index in [1.54, 1.807) is 4.90 Å². The van der Waals surface area contributed by atoms with E-state index in [0.29, 0.717) is 5.96 Å². The maximum atomic E-state index is 5.40. The Kier molecular flexibility index (Phi) is 2.99. The molecule has 0 amide bonds. The van der Waals surface area contributed by atoms with E-state index in [-0.39, 0.29) is 0 Å². The predicted molar refractivity (Wildman–Crippen MR) is 35.9 cm³/mol. The summed E-state index contributed by atoms with van der Waals surface area (Å²) >= 11 is 0. The van der Waals surface area contributed by atoms with Crippen molar-refractivity contribution in [2.45, 2.75) is 6.92 Å². The van der Waals surface area contributed by atoms with Gasteiger partial charge in [0, 0.05) is 20.6 Å². The fraction of sp³-hybridized carbons (Fsp3) is 0.800. The van der Waals surface area contributed by atoms with Crippen LogP contribution < -0.4 is 5.73 Å². The summed E-state index contributed by atoms with van der Waals surface area (Å²) in [6.07, 6.45) is 0. The zero-order chi connectivity index (χ0) is 6.57. The highest BCUT2D eigenvalue weighted by Crippen LogP contribution is 1.73. The van der Waals surface area contributed by atoms with Crippen molar-refractivity contribution in [1.82, 2.24) is 4.90 Å². The molecule has 0 aromatic carbocycles. The van der Waals surface area contributed by atoms with Gasteiger partial charge in [0.2, 0.25) is 0 Å². The SMILES string of the molecule is CCN=C(N)N(C)C. The standard InChI is InChI=1S/C5H13N3/c1-4-7-5(6)8(2)3/h4H2,1-3H3,(H2,6,7). The lowest BCUT2D eigenvalue weighted by Gasteiger charge is -2.08.